The van der Waals surface area contributed by atoms with Crippen LogP contribution >= 0.6 is 0 Å². The van der Waals surface area contributed by atoms with Gasteiger partial charge in [0, 0.05) is 32.2 Å². The fourth-order valence-electron chi connectivity index (χ4n) is 3.07. The molecule has 1 aromatic carbocycles. The number of para-hydroxylation sites is 1. The van der Waals surface area contributed by atoms with Crippen LogP contribution in [0.5, 0.6) is 5.75 Å². The number of rotatable bonds is 8. The van der Waals surface area contributed by atoms with Crippen LogP contribution in [0.1, 0.15) is 37.0 Å². The summed E-state index contributed by atoms with van der Waals surface area (Å²) < 4.78 is 25.5. The van der Waals surface area contributed by atoms with Crippen molar-refractivity contribution in [2.75, 3.05) is 38.5 Å². The molecule has 0 aliphatic carbocycles. The summed E-state index contributed by atoms with van der Waals surface area (Å²) in [5.41, 5.74) is 0.232. The fourth-order valence-corrected chi connectivity index (χ4v) is 4.20. The van der Waals surface area contributed by atoms with Gasteiger partial charge in [-0.25, -0.2) is 12.7 Å². The first-order chi connectivity index (χ1) is 13.9. The molecule has 0 bridgehead atoms. The van der Waals surface area contributed by atoms with Gasteiger partial charge in [-0.05, 0) is 38.8 Å². The van der Waals surface area contributed by atoms with Gasteiger partial charge < -0.3 is 21.1 Å². The Morgan fingerprint density at radius 3 is 2.52 bits per heavy atom. The molecule has 2 rings (SSSR count). The normalized spacial score (nSPS) is 16.4. The lowest BCUT2D eigenvalue weighted by atomic mass is 10.1. The molecule has 162 valence electrons. The van der Waals surface area contributed by atoms with E-state index in [2.05, 4.69) is 20.9 Å². The summed E-state index contributed by atoms with van der Waals surface area (Å²) in [7, 11) is -3.13. The van der Waals surface area contributed by atoms with Gasteiger partial charge in [-0.2, -0.15) is 0 Å². The van der Waals surface area contributed by atoms with E-state index in [9.17, 15) is 18.3 Å². The number of aliphatic imine (C=N–C) groups is 1. The highest BCUT2D eigenvalue weighted by Gasteiger charge is 2.26. The number of hydrogen-bond donors (Lipinski definition) is 4. The Kier molecular flexibility index (Phi) is 8.71. The molecular weight excluding hydrogens is 394 g/mol. The molecule has 1 saturated heterocycles. The molecule has 1 aliphatic rings. The number of piperidine rings is 1. The molecule has 1 amide bonds. The molecule has 1 fully saturated rings. The van der Waals surface area contributed by atoms with Crippen LogP contribution in [0.25, 0.3) is 0 Å². The van der Waals surface area contributed by atoms with Crippen LogP contribution in [-0.4, -0.2) is 74.2 Å². The average molecular weight is 426 g/mol. The van der Waals surface area contributed by atoms with Crippen molar-refractivity contribution < 1.29 is 18.3 Å². The molecule has 0 atom stereocenters. The van der Waals surface area contributed by atoms with Crippen molar-refractivity contribution in [1.82, 2.24) is 20.3 Å². The molecule has 29 heavy (non-hydrogen) atoms. The minimum atomic E-state index is -3.13. The van der Waals surface area contributed by atoms with Gasteiger partial charge in [-0.1, -0.05) is 12.1 Å². The third-order valence-electron chi connectivity index (χ3n) is 4.71. The van der Waals surface area contributed by atoms with Crippen LogP contribution in [-0.2, 0) is 10.0 Å². The maximum atomic E-state index is 12.1. The topological polar surface area (TPSA) is 123 Å². The Balaban J connectivity index is 1.81. The summed E-state index contributed by atoms with van der Waals surface area (Å²) in [5.74, 6) is 0.364. The zero-order chi connectivity index (χ0) is 21.3. The van der Waals surface area contributed by atoms with Crippen LogP contribution in [0.3, 0.4) is 0 Å². The predicted octanol–water partition coefficient (Wildman–Crippen LogP) is 0.491. The minimum absolute atomic E-state index is 0.0556. The summed E-state index contributed by atoms with van der Waals surface area (Å²) in [6.45, 7) is 6.03. The summed E-state index contributed by atoms with van der Waals surface area (Å²) in [6.07, 6.45) is 1.43. The first kappa shape index (κ1) is 23.0. The average Bonchev–Trinajstić information content (AvgIpc) is 2.72. The SMILES string of the molecule is CCNC(=NCCNC(=O)c1ccccc1O)NC1CCN(S(=O)(=O)CC)CC1. The number of benzene rings is 1. The van der Waals surface area contributed by atoms with Crippen molar-refractivity contribution in [3.8, 4) is 5.75 Å². The third kappa shape index (κ3) is 6.90. The molecule has 0 radical (unpaired) electrons. The van der Waals surface area contributed by atoms with Crippen LogP contribution in [0, 0.1) is 0 Å². The Morgan fingerprint density at radius 1 is 1.21 bits per heavy atom. The summed E-state index contributed by atoms with van der Waals surface area (Å²) in [4.78, 5) is 16.5. The van der Waals surface area contributed by atoms with Crippen molar-refractivity contribution in [2.45, 2.75) is 32.7 Å². The first-order valence-electron chi connectivity index (χ1n) is 9.96. The number of guanidine groups is 1. The maximum Gasteiger partial charge on any atom is 0.255 e. The van der Waals surface area contributed by atoms with E-state index >= 15 is 0 Å². The largest absolute Gasteiger partial charge is 0.507 e. The number of hydrogen-bond acceptors (Lipinski definition) is 5. The highest BCUT2D eigenvalue weighted by atomic mass is 32.2. The van der Waals surface area contributed by atoms with Gasteiger partial charge in [0.25, 0.3) is 5.91 Å². The highest BCUT2D eigenvalue weighted by molar-refractivity contribution is 7.89. The number of nitrogens with zero attached hydrogens (tertiary/aromatic N) is 2. The van der Waals surface area contributed by atoms with Gasteiger partial charge in [0.2, 0.25) is 10.0 Å². The molecule has 0 saturated carbocycles. The van der Waals surface area contributed by atoms with Crippen molar-refractivity contribution in [3.63, 3.8) is 0 Å². The molecule has 4 N–H and O–H groups in total. The minimum Gasteiger partial charge on any atom is -0.507 e. The van der Waals surface area contributed by atoms with E-state index in [4.69, 9.17) is 0 Å². The quantitative estimate of drug-likeness (QED) is 0.273. The van der Waals surface area contributed by atoms with Crippen molar-refractivity contribution in [3.05, 3.63) is 29.8 Å². The Bertz CT molecular complexity index is 805. The Morgan fingerprint density at radius 2 is 1.90 bits per heavy atom. The number of amides is 1. The predicted molar refractivity (Wildman–Crippen MR) is 114 cm³/mol. The van der Waals surface area contributed by atoms with Crippen LogP contribution in [0.4, 0.5) is 0 Å². The first-order valence-corrected chi connectivity index (χ1v) is 11.6. The molecule has 1 heterocycles. The standard InChI is InChI=1S/C19H31N5O4S/c1-3-20-19(23-15-9-13-24(14-10-15)29(27,28)4-2)22-12-11-21-18(26)16-7-5-6-8-17(16)25/h5-8,15,25H,3-4,9-14H2,1-2H3,(H,21,26)(H2,20,22,23). The molecule has 0 unspecified atom stereocenters. The number of carbonyl (C=O) groups excluding carboxylic acids is 1. The summed E-state index contributed by atoms with van der Waals surface area (Å²) >= 11 is 0. The summed E-state index contributed by atoms with van der Waals surface area (Å²) in [6, 6.07) is 6.53. The lowest BCUT2D eigenvalue weighted by Crippen LogP contribution is -2.50. The summed E-state index contributed by atoms with van der Waals surface area (Å²) in [5, 5.41) is 19.0. The van der Waals surface area contributed by atoms with E-state index in [0.29, 0.717) is 51.5 Å². The van der Waals surface area contributed by atoms with Crippen LogP contribution < -0.4 is 16.0 Å². The van der Waals surface area contributed by atoms with Gasteiger partial charge in [-0.3, -0.25) is 9.79 Å². The van der Waals surface area contributed by atoms with Gasteiger partial charge >= 0.3 is 0 Å². The van der Waals surface area contributed by atoms with Crippen molar-refractivity contribution >= 4 is 21.9 Å². The number of nitrogens with one attached hydrogen (secondary N) is 3. The van der Waals surface area contributed by atoms with Gasteiger partial charge in [0.1, 0.15) is 5.75 Å². The van der Waals surface area contributed by atoms with E-state index in [1.807, 2.05) is 6.92 Å². The number of phenols is 1. The van der Waals surface area contributed by atoms with E-state index in [1.54, 1.807) is 29.4 Å². The number of aromatic hydroxyl groups is 1. The van der Waals surface area contributed by atoms with E-state index < -0.39 is 10.0 Å². The number of phenolic OH excluding ortho intramolecular Hbond substituents is 1. The van der Waals surface area contributed by atoms with Crippen molar-refractivity contribution in [2.24, 2.45) is 4.99 Å². The van der Waals surface area contributed by atoms with E-state index in [1.165, 1.54) is 6.07 Å². The van der Waals surface area contributed by atoms with E-state index in [0.717, 1.165) is 0 Å². The van der Waals surface area contributed by atoms with Gasteiger partial charge in [0.05, 0.1) is 17.9 Å². The zero-order valence-electron chi connectivity index (χ0n) is 17.0. The smallest absolute Gasteiger partial charge is 0.255 e. The third-order valence-corrected chi connectivity index (χ3v) is 6.59. The van der Waals surface area contributed by atoms with Crippen LogP contribution in [0.15, 0.2) is 29.3 Å². The lowest BCUT2D eigenvalue weighted by Gasteiger charge is -2.32. The lowest BCUT2D eigenvalue weighted by molar-refractivity contribution is 0.0952. The molecule has 9 nitrogen and oxygen atoms in total. The maximum absolute atomic E-state index is 12.1. The number of sulfonamides is 1. The van der Waals surface area contributed by atoms with Crippen LogP contribution in [0.2, 0.25) is 0 Å². The molecule has 10 heteroatoms. The molecule has 0 aromatic heterocycles. The van der Waals surface area contributed by atoms with Gasteiger partial charge in [0.15, 0.2) is 5.96 Å². The monoisotopic (exact) mass is 425 g/mol. The molecule has 0 spiro atoms. The second-order valence-corrected chi connectivity index (χ2v) is 9.01. The van der Waals surface area contributed by atoms with E-state index in [-0.39, 0.29) is 29.0 Å². The number of carbonyl (C=O) groups is 1. The fraction of sp³-hybridized carbons (Fsp3) is 0.579. The van der Waals surface area contributed by atoms with Gasteiger partial charge in [-0.15, -0.1) is 0 Å². The molecule has 1 aromatic rings. The zero-order valence-corrected chi connectivity index (χ0v) is 17.8. The molecule has 1 aliphatic heterocycles. The Labute approximate surface area is 172 Å². The Hall–Kier alpha value is -2.33. The second kappa shape index (κ2) is 11.0. The second-order valence-electron chi connectivity index (χ2n) is 6.75. The molecular formula is C19H31N5O4S. The highest BCUT2D eigenvalue weighted by Crippen LogP contribution is 2.15. The van der Waals surface area contributed by atoms with Crippen molar-refractivity contribution in [1.29, 1.82) is 0 Å².